The van der Waals surface area contributed by atoms with Gasteiger partial charge in [-0.25, -0.2) is 9.18 Å². The van der Waals surface area contributed by atoms with Crippen LogP contribution in [0.4, 0.5) is 9.18 Å². The number of amides is 3. The highest BCUT2D eigenvalue weighted by atomic mass is 19.1. The van der Waals surface area contributed by atoms with Gasteiger partial charge in [-0.05, 0) is 43.2 Å². The molecule has 0 aromatic heterocycles. The summed E-state index contributed by atoms with van der Waals surface area (Å²) in [5.74, 6) is 0.251. The van der Waals surface area contributed by atoms with Crippen LogP contribution in [0.25, 0.3) is 6.08 Å². The van der Waals surface area contributed by atoms with Gasteiger partial charge in [0.2, 0.25) is 0 Å². The molecule has 2 aromatic carbocycles. The highest BCUT2D eigenvalue weighted by Gasteiger charge is 2.32. The summed E-state index contributed by atoms with van der Waals surface area (Å²) in [4.78, 5) is 25.5. The lowest BCUT2D eigenvalue weighted by molar-refractivity contribution is -0.122. The highest BCUT2D eigenvalue weighted by molar-refractivity contribution is 6.13. The van der Waals surface area contributed by atoms with Gasteiger partial charge >= 0.3 is 6.03 Å². The molecule has 3 amide bonds. The summed E-state index contributed by atoms with van der Waals surface area (Å²) in [6.45, 7) is 4.59. The zero-order valence-electron chi connectivity index (χ0n) is 16.4. The first-order valence-electron chi connectivity index (χ1n) is 9.51. The lowest BCUT2D eigenvalue weighted by atomic mass is 10.1. The van der Waals surface area contributed by atoms with Crippen molar-refractivity contribution in [2.45, 2.75) is 26.9 Å². The summed E-state index contributed by atoms with van der Waals surface area (Å²) in [5, 5.41) is 2.59. The molecule has 1 heterocycles. The van der Waals surface area contributed by atoms with Gasteiger partial charge in [-0.1, -0.05) is 31.2 Å². The van der Waals surface area contributed by atoms with Gasteiger partial charge in [-0.2, -0.15) is 0 Å². The standard InChI is InChI=1S/C22H23FN2O4/c1-3-11-25-21(26)18(24-22(25)27)12-15-9-10-19(20(13-15)28-4-2)29-14-16-7-5-6-8-17(16)23/h5-10,12-13H,3-4,11,14H2,1-2H3,(H,24,27)/b18-12+. The number of carbonyl (C=O) groups excluding carboxylic acids is 2. The Bertz CT molecular complexity index is 942. The largest absolute Gasteiger partial charge is 0.490 e. The maximum absolute atomic E-state index is 13.8. The molecule has 0 radical (unpaired) electrons. The molecule has 1 saturated heterocycles. The lowest BCUT2D eigenvalue weighted by Gasteiger charge is -2.13. The van der Waals surface area contributed by atoms with Crippen LogP contribution in [0.2, 0.25) is 0 Å². The molecular formula is C22H23FN2O4. The van der Waals surface area contributed by atoms with Gasteiger partial charge in [0.15, 0.2) is 11.5 Å². The molecule has 0 saturated carbocycles. The molecule has 2 aromatic rings. The van der Waals surface area contributed by atoms with E-state index in [-0.39, 0.29) is 24.0 Å². The number of imide groups is 1. The van der Waals surface area contributed by atoms with Gasteiger partial charge in [-0.15, -0.1) is 0 Å². The molecule has 7 heteroatoms. The number of halogens is 1. The Kier molecular flexibility index (Phi) is 6.49. The molecule has 0 unspecified atom stereocenters. The number of urea groups is 1. The second kappa shape index (κ2) is 9.23. The fourth-order valence-electron chi connectivity index (χ4n) is 2.94. The van der Waals surface area contributed by atoms with Gasteiger partial charge in [0, 0.05) is 12.1 Å². The molecule has 1 aliphatic rings. The molecule has 1 fully saturated rings. The Hall–Kier alpha value is -3.35. The van der Waals surface area contributed by atoms with Gasteiger partial charge < -0.3 is 14.8 Å². The minimum atomic E-state index is -0.419. The van der Waals surface area contributed by atoms with E-state index in [0.717, 1.165) is 0 Å². The Labute approximate surface area is 168 Å². The molecular weight excluding hydrogens is 375 g/mol. The molecule has 0 atom stereocenters. The van der Waals surface area contributed by atoms with Gasteiger partial charge in [0.25, 0.3) is 5.91 Å². The summed E-state index contributed by atoms with van der Waals surface area (Å²) in [6, 6.07) is 11.1. The predicted molar refractivity (Wildman–Crippen MR) is 107 cm³/mol. The Morgan fingerprint density at radius 3 is 2.59 bits per heavy atom. The van der Waals surface area contributed by atoms with E-state index in [1.165, 1.54) is 11.0 Å². The molecule has 0 aliphatic carbocycles. The number of nitrogens with one attached hydrogen (secondary N) is 1. The first-order chi connectivity index (χ1) is 14.0. The summed E-state index contributed by atoms with van der Waals surface area (Å²) in [5.41, 5.74) is 1.33. The van der Waals surface area contributed by atoms with E-state index in [1.54, 1.807) is 42.5 Å². The molecule has 1 N–H and O–H groups in total. The number of hydrogen-bond donors (Lipinski definition) is 1. The Morgan fingerprint density at radius 1 is 1.07 bits per heavy atom. The normalized spacial score (nSPS) is 15.0. The van der Waals surface area contributed by atoms with E-state index in [2.05, 4.69) is 5.32 Å². The topological polar surface area (TPSA) is 67.9 Å². The van der Waals surface area contributed by atoms with Crippen molar-refractivity contribution < 1.29 is 23.5 Å². The smallest absolute Gasteiger partial charge is 0.329 e. The summed E-state index contributed by atoms with van der Waals surface area (Å²) < 4.78 is 25.2. The van der Waals surface area contributed by atoms with Crippen LogP contribution in [-0.2, 0) is 11.4 Å². The maximum Gasteiger partial charge on any atom is 0.329 e. The molecule has 1 aliphatic heterocycles. The van der Waals surface area contributed by atoms with Crippen molar-refractivity contribution in [3.8, 4) is 11.5 Å². The number of carbonyl (C=O) groups is 2. The van der Waals surface area contributed by atoms with Crippen molar-refractivity contribution in [2.24, 2.45) is 0 Å². The number of benzene rings is 2. The molecule has 152 valence electrons. The maximum atomic E-state index is 13.8. The van der Waals surface area contributed by atoms with Crippen LogP contribution in [-0.4, -0.2) is 30.0 Å². The minimum Gasteiger partial charge on any atom is -0.490 e. The zero-order chi connectivity index (χ0) is 20.8. The number of rotatable bonds is 8. The summed E-state index contributed by atoms with van der Waals surface area (Å²) in [6.07, 6.45) is 2.29. The minimum absolute atomic E-state index is 0.0632. The van der Waals surface area contributed by atoms with Crippen LogP contribution in [0.15, 0.2) is 48.2 Å². The van der Waals surface area contributed by atoms with Crippen LogP contribution in [0.1, 0.15) is 31.4 Å². The second-order valence-electron chi connectivity index (χ2n) is 6.46. The highest BCUT2D eigenvalue weighted by Crippen LogP contribution is 2.30. The van der Waals surface area contributed by atoms with Crippen molar-refractivity contribution in [3.05, 3.63) is 65.1 Å². The third kappa shape index (κ3) is 4.74. The molecule has 29 heavy (non-hydrogen) atoms. The average Bonchev–Trinajstić information content (AvgIpc) is 2.96. The van der Waals surface area contributed by atoms with Crippen molar-refractivity contribution in [3.63, 3.8) is 0 Å². The van der Waals surface area contributed by atoms with E-state index < -0.39 is 6.03 Å². The van der Waals surface area contributed by atoms with Crippen molar-refractivity contribution in [2.75, 3.05) is 13.2 Å². The van der Waals surface area contributed by atoms with E-state index >= 15 is 0 Å². The molecule has 6 nitrogen and oxygen atoms in total. The first kappa shape index (κ1) is 20.4. The lowest BCUT2D eigenvalue weighted by Crippen LogP contribution is -2.31. The van der Waals surface area contributed by atoms with Gasteiger partial charge in [0.05, 0.1) is 6.61 Å². The van der Waals surface area contributed by atoms with E-state index in [9.17, 15) is 14.0 Å². The number of nitrogens with zero attached hydrogens (tertiary/aromatic N) is 1. The van der Waals surface area contributed by atoms with E-state index in [4.69, 9.17) is 9.47 Å². The zero-order valence-corrected chi connectivity index (χ0v) is 16.4. The number of ether oxygens (including phenoxy) is 2. The van der Waals surface area contributed by atoms with E-state index in [1.807, 2.05) is 13.8 Å². The SMILES string of the molecule is CCCN1C(=O)N/C(=C/c2ccc(OCc3ccccc3F)c(OCC)c2)C1=O. The predicted octanol–water partition coefficient (Wildman–Crippen LogP) is 4.11. The number of hydrogen-bond acceptors (Lipinski definition) is 4. The quantitative estimate of drug-likeness (QED) is 0.537. The van der Waals surface area contributed by atoms with Crippen LogP contribution in [0.5, 0.6) is 11.5 Å². The Morgan fingerprint density at radius 2 is 1.86 bits per heavy atom. The van der Waals surface area contributed by atoms with Crippen molar-refractivity contribution in [1.29, 1.82) is 0 Å². The fourth-order valence-corrected chi connectivity index (χ4v) is 2.94. The second-order valence-corrected chi connectivity index (χ2v) is 6.46. The van der Waals surface area contributed by atoms with Crippen LogP contribution >= 0.6 is 0 Å². The average molecular weight is 398 g/mol. The first-order valence-corrected chi connectivity index (χ1v) is 9.51. The Balaban J connectivity index is 1.80. The van der Waals surface area contributed by atoms with Crippen LogP contribution < -0.4 is 14.8 Å². The molecule has 0 spiro atoms. The third-order valence-electron chi connectivity index (χ3n) is 4.33. The van der Waals surface area contributed by atoms with E-state index in [0.29, 0.717) is 42.2 Å². The third-order valence-corrected chi connectivity index (χ3v) is 4.33. The van der Waals surface area contributed by atoms with Crippen molar-refractivity contribution in [1.82, 2.24) is 10.2 Å². The van der Waals surface area contributed by atoms with Crippen molar-refractivity contribution >= 4 is 18.0 Å². The summed E-state index contributed by atoms with van der Waals surface area (Å²) in [7, 11) is 0. The monoisotopic (exact) mass is 398 g/mol. The van der Waals surface area contributed by atoms with Gasteiger partial charge in [-0.3, -0.25) is 9.69 Å². The fraction of sp³-hybridized carbons (Fsp3) is 0.273. The summed E-state index contributed by atoms with van der Waals surface area (Å²) >= 11 is 0. The molecule has 0 bridgehead atoms. The van der Waals surface area contributed by atoms with Crippen LogP contribution in [0.3, 0.4) is 0 Å². The van der Waals surface area contributed by atoms with Crippen LogP contribution in [0, 0.1) is 5.82 Å². The van der Waals surface area contributed by atoms with Gasteiger partial charge in [0.1, 0.15) is 18.1 Å². The molecule has 3 rings (SSSR count).